The van der Waals surface area contributed by atoms with Crippen LogP contribution in [0.3, 0.4) is 0 Å². The maximum Gasteiger partial charge on any atom is 0.252 e. The Labute approximate surface area is 118 Å². The molecular formula is C15H19N3O2. The standard InChI is InChI=1S/C15H19N3O2/c19-14-11-13(16-17-9-5-2-6-10-17)15(20)18(14)12-7-3-1-4-8-12/h1,3-4,7-8,13,16H,2,5-6,9-11H2/t13-/m0/s1. The molecule has 3 rings (SSSR count). The highest BCUT2D eigenvalue weighted by atomic mass is 16.2. The molecule has 2 saturated heterocycles. The number of rotatable bonds is 3. The number of nitrogens with zero attached hydrogens (tertiary/aromatic N) is 2. The third kappa shape index (κ3) is 2.59. The van der Waals surface area contributed by atoms with Crippen molar-refractivity contribution in [1.29, 1.82) is 0 Å². The van der Waals surface area contributed by atoms with E-state index in [1.807, 2.05) is 18.2 Å². The summed E-state index contributed by atoms with van der Waals surface area (Å²) in [6.45, 7) is 1.90. The first-order valence-electron chi connectivity index (χ1n) is 7.18. The Morgan fingerprint density at radius 1 is 1.00 bits per heavy atom. The zero-order valence-corrected chi connectivity index (χ0v) is 11.4. The Kier molecular flexibility index (Phi) is 3.80. The van der Waals surface area contributed by atoms with Crippen molar-refractivity contribution in [3.63, 3.8) is 0 Å². The smallest absolute Gasteiger partial charge is 0.252 e. The van der Waals surface area contributed by atoms with E-state index >= 15 is 0 Å². The fraction of sp³-hybridized carbons (Fsp3) is 0.467. The van der Waals surface area contributed by atoms with E-state index in [1.165, 1.54) is 11.3 Å². The van der Waals surface area contributed by atoms with E-state index in [-0.39, 0.29) is 18.2 Å². The number of hydrogen-bond donors (Lipinski definition) is 1. The molecule has 0 saturated carbocycles. The number of anilines is 1. The normalized spacial score (nSPS) is 24.4. The van der Waals surface area contributed by atoms with E-state index in [0.717, 1.165) is 25.9 Å². The summed E-state index contributed by atoms with van der Waals surface area (Å²) in [5.41, 5.74) is 3.88. The van der Waals surface area contributed by atoms with Gasteiger partial charge in [0.05, 0.1) is 12.1 Å². The van der Waals surface area contributed by atoms with Gasteiger partial charge in [-0.1, -0.05) is 24.6 Å². The van der Waals surface area contributed by atoms with Crippen molar-refractivity contribution in [2.45, 2.75) is 31.7 Å². The van der Waals surface area contributed by atoms with E-state index in [1.54, 1.807) is 12.1 Å². The first-order valence-corrected chi connectivity index (χ1v) is 7.18. The Hall–Kier alpha value is -1.72. The summed E-state index contributed by atoms with van der Waals surface area (Å²) in [7, 11) is 0. The molecular weight excluding hydrogens is 254 g/mol. The quantitative estimate of drug-likeness (QED) is 0.844. The average Bonchev–Trinajstić information content (AvgIpc) is 2.75. The molecule has 0 bridgehead atoms. The maximum absolute atomic E-state index is 12.4. The molecule has 0 aromatic heterocycles. The van der Waals surface area contributed by atoms with Gasteiger partial charge in [0.2, 0.25) is 5.91 Å². The van der Waals surface area contributed by atoms with Gasteiger partial charge in [-0.25, -0.2) is 15.3 Å². The highest BCUT2D eigenvalue weighted by molar-refractivity contribution is 6.22. The van der Waals surface area contributed by atoms with Gasteiger partial charge < -0.3 is 0 Å². The van der Waals surface area contributed by atoms with Crippen LogP contribution in [0.1, 0.15) is 25.7 Å². The lowest BCUT2D eigenvalue weighted by molar-refractivity contribution is -0.122. The van der Waals surface area contributed by atoms with Crippen molar-refractivity contribution in [2.75, 3.05) is 18.0 Å². The number of benzene rings is 1. The van der Waals surface area contributed by atoms with E-state index in [0.29, 0.717) is 5.69 Å². The summed E-state index contributed by atoms with van der Waals surface area (Å²) in [6, 6.07) is 8.71. The van der Waals surface area contributed by atoms with Crippen molar-refractivity contribution >= 4 is 17.5 Å². The van der Waals surface area contributed by atoms with Crippen LogP contribution in [0.15, 0.2) is 30.3 Å². The number of nitrogens with one attached hydrogen (secondary N) is 1. The van der Waals surface area contributed by atoms with Crippen LogP contribution in [0.4, 0.5) is 5.69 Å². The van der Waals surface area contributed by atoms with Crippen molar-refractivity contribution in [3.05, 3.63) is 30.3 Å². The Balaban J connectivity index is 1.70. The predicted molar refractivity (Wildman–Crippen MR) is 75.9 cm³/mol. The number of carbonyl (C=O) groups excluding carboxylic acids is 2. The van der Waals surface area contributed by atoms with Gasteiger partial charge in [0.15, 0.2) is 0 Å². The van der Waals surface area contributed by atoms with Crippen LogP contribution in [0.5, 0.6) is 0 Å². The maximum atomic E-state index is 12.4. The summed E-state index contributed by atoms with van der Waals surface area (Å²) in [4.78, 5) is 25.8. The van der Waals surface area contributed by atoms with Gasteiger partial charge in [-0.15, -0.1) is 0 Å². The highest BCUT2D eigenvalue weighted by Crippen LogP contribution is 2.22. The van der Waals surface area contributed by atoms with Crippen molar-refractivity contribution in [1.82, 2.24) is 10.4 Å². The van der Waals surface area contributed by atoms with Gasteiger partial charge in [0.1, 0.15) is 6.04 Å². The fourth-order valence-corrected chi connectivity index (χ4v) is 2.82. The largest absolute Gasteiger partial charge is 0.274 e. The van der Waals surface area contributed by atoms with Crippen LogP contribution >= 0.6 is 0 Å². The minimum atomic E-state index is -0.416. The molecule has 2 aliphatic heterocycles. The van der Waals surface area contributed by atoms with E-state index in [4.69, 9.17) is 0 Å². The molecule has 2 aliphatic rings. The predicted octanol–water partition coefficient (Wildman–Crippen LogP) is 1.31. The SMILES string of the molecule is O=C1C[C@H](NN2CCCCC2)C(=O)N1c1ccccc1. The molecule has 2 amide bonds. The summed E-state index contributed by atoms with van der Waals surface area (Å²) in [5.74, 6) is -0.275. The van der Waals surface area contributed by atoms with Crippen molar-refractivity contribution < 1.29 is 9.59 Å². The fourth-order valence-electron chi connectivity index (χ4n) is 2.82. The van der Waals surface area contributed by atoms with E-state index < -0.39 is 6.04 Å². The second-order valence-electron chi connectivity index (χ2n) is 5.34. The summed E-state index contributed by atoms with van der Waals surface area (Å²) >= 11 is 0. The highest BCUT2D eigenvalue weighted by Gasteiger charge is 2.40. The van der Waals surface area contributed by atoms with Crippen LogP contribution in [-0.2, 0) is 9.59 Å². The Bertz CT molecular complexity index is 497. The van der Waals surface area contributed by atoms with E-state index in [2.05, 4.69) is 10.4 Å². The third-order valence-corrected chi connectivity index (χ3v) is 3.86. The molecule has 1 atom stereocenters. The number of amides is 2. The van der Waals surface area contributed by atoms with Crippen LogP contribution in [0.25, 0.3) is 0 Å². The zero-order chi connectivity index (χ0) is 13.9. The Morgan fingerprint density at radius 2 is 1.70 bits per heavy atom. The molecule has 1 aromatic rings. The van der Waals surface area contributed by atoms with Gasteiger partial charge in [-0.05, 0) is 25.0 Å². The number of hydrogen-bond acceptors (Lipinski definition) is 4. The second kappa shape index (κ2) is 5.73. The molecule has 2 fully saturated rings. The molecule has 20 heavy (non-hydrogen) atoms. The van der Waals surface area contributed by atoms with Gasteiger partial charge >= 0.3 is 0 Å². The summed E-state index contributed by atoms with van der Waals surface area (Å²) < 4.78 is 0. The first-order chi connectivity index (χ1) is 9.75. The minimum absolute atomic E-state index is 0.129. The molecule has 0 unspecified atom stereocenters. The van der Waals surface area contributed by atoms with E-state index in [9.17, 15) is 9.59 Å². The average molecular weight is 273 g/mol. The lowest BCUT2D eigenvalue weighted by Crippen LogP contribution is -2.50. The molecule has 0 spiro atoms. The van der Waals surface area contributed by atoms with Crippen LogP contribution < -0.4 is 10.3 Å². The van der Waals surface area contributed by atoms with Gasteiger partial charge in [-0.3, -0.25) is 9.59 Å². The second-order valence-corrected chi connectivity index (χ2v) is 5.34. The summed E-state index contributed by atoms with van der Waals surface area (Å²) in [5, 5.41) is 2.08. The molecule has 106 valence electrons. The van der Waals surface area contributed by atoms with Crippen LogP contribution in [-0.4, -0.2) is 36.0 Å². The minimum Gasteiger partial charge on any atom is -0.274 e. The van der Waals surface area contributed by atoms with Crippen molar-refractivity contribution in [2.24, 2.45) is 0 Å². The monoisotopic (exact) mass is 273 g/mol. The first kappa shape index (κ1) is 13.3. The molecule has 1 aromatic carbocycles. The summed E-state index contributed by atoms with van der Waals surface area (Å²) in [6.07, 6.45) is 3.77. The number of carbonyl (C=O) groups is 2. The van der Waals surface area contributed by atoms with Gasteiger partial charge in [-0.2, -0.15) is 0 Å². The molecule has 5 heteroatoms. The zero-order valence-electron chi connectivity index (χ0n) is 11.4. The Morgan fingerprint density at radius 3 is 2.40 bits per heavy atom. The number of hydrazine groups is 1. The lowest BCUT2D eigenvalue weighted by atomic mass is 10.1. The molecule has 1 N–H and O–H groups in total. The molecule has 0 radical (unpaired) electrons. The molecule has 2 heterocycles. The third-order valence-electron chi connectivity index (χ3n) is 3.86. The molecule has 5 nitrogen and oxygen atoms in total. The van der Waals surface area contributed by atoms with Gasteiger partial charge in [0, 0.05) is 13.1 Å². The van der Waals surface area contributed by atoms with Crippen molar-refractivity contribution in [3.8, 4) is 0 Å². The number of para-hydroxylation sites is 1. The lowest BCUT2D eigenvalue weighted by Gasteiger charge is -2.29. The molecule has 0 aliphatic carbocycles. The number of piperidine rings is 1. The van der Waals surface area contributed by atoms with Crippen LogP contribution in [0, 0.1) is 0 Å². The van der Waals surface area contributed by atoms with Gasteiger partial charge in [0.25, 0.3) is 5.91 Å². The topological polar surface area (TPSA) is 52.7 Å². The number of imide groups is 1. The van der Waals surface area contributed by atoms with Crippen LogP contribution in [0.2, 0.25) is 0 Å².